The molecule has 0 fully saturated rings. The summed E-state index contributed by atoms with van der Waals surface area (Å²) in [5.74, 6) is 1.13. The van der Waals surface area contributed by atoms with E-state index in [-0.39, 0.29) is 0 Å². The first-order valence-electron chi connectivity index (χ1n) is 8.10. The molecule has 0 amide bonds. The fraction of sp³-hybridized carbons (Fsp3) is 0.211. The van der Waals surface area contributed by atoms with Crippen LogP contribution >= 0.6 is 38.5 Å². The van der Waals surface area contributed by atoms with E-state index in [0.29, 0.717) is 0 Å². The summed E-state index contributed by atoms with van der Waals surface area (Å²) >= 11 is 6.01. The number of halogens is 2. The SMILES string of the molecule is Brc1ccccc1-n1nc(-c2ccc(I)cc2)c2c1NCCCC2. The quantitative estimate of drug-likeness (QED) is 0.467. The molecule has 0 radical (unpaired) electrons. The topological polar surface area (TPSA) is 29.9 Å². The molecule has 0 saturated heterocycles. The third-order valence-corrected chi connectivity index (χ3v) is 5.72. The smallest absolute Gasteiger partial charge is 0.133 e. The van der Waals surface area contributed by atoms with E-state index >= 15 is 0 Å². The molecule has 0 unspecified atom stereocenters. The van der Waals surface area contributed by atoms with Crippen molar-refractivity contribution in [2.45, 2.75) is 19.3 Å². The molecule has 24 heavy (non-hydrogen) atoms. The van der Waals surface area contributed by atoms with Crippen molar-refractivity contribution in [3.05, 3.63) is 62.1 Å². The van der Waals surface area contributed by atoms with Crippen molar-refractivity contribution in [1.29, 1.82) is 0 Å². The molecular formula is C19H17BrIN3. The minimum atomic E-state index is 0.995. The third kappa shape index (κ3) is 2.99. The molecule has 5 heteroatoms. The van der Waals surface area contributed by atoms with Crippen molar-refractivity contribution >= 4 is 44.3 Å². The summed E-state index contributed by atoms with van der Waals surface area (Å²) in [5.41, 5.74) is 4.66. The van der Waals surface area contributed by atoms with E-state index in [1.165, 1.54) is 27.5 Å². The second-order valence-corrected chi connectivity index (χ2v) is 8.03. The van der Waals surface area contributed by atoms with E-state index < -0.39 is 0 Å². The zero-order valence-electron chi connectivity index (χ0n) is 13.1. The minimum absolute atomic E-state index is 0.995. The van der Waals surface area contributed by atoms with Crippen molar-refractivity contribution in [2.75, 3.05) is 11.9 Å². The average molecular weight is 494 g/mol. The Morgan fingerprint density at radius 3 is 2.62 bits per heavy atom. The van der Waals surface area contributed by atoms with Gasteiger partial charge in [0.1, 0.15) is 5.82 Å². The summed E-state index contributed by atoms with van der Waals surface area (Å²) in [6, 6.07) is 16.9. The molecule has 1 N–H and O–H groups in total. The van der Waals surface area contributed by atoms with Crippen LogP contribution in [0.15, 0.2) is 53.0 Å². The van der Waals surface area contributed by atoms with Gasteiger partial charge in [0.2, 0.25) is 0 Å². The van der Waals surface area contributed by atoms with Crippen molar-refractivity contribution in [3.8, 4) is 16.9 Å². The van der Waals surface area contributed by atoms with Gasteiger partial charge in [-0.05, 0) is 82.0 Å². The summed E-state index contributed by atoms with van der Waals surface area (Å²) in [6.45, 7) is 0.995. The predicted octanol–water partition coefficient (Wildman–Crippen LogP) is 5.65. The molecule has 122 valence electrons. The van der Waals surface area contributed by atoms with Crippen LogP contribution in [-0.2, 0) is 6.42 Å². The Morgan fingerprint density at radius 1 is 1.04 bits per heavy atom. The highest BCUT2D eigenvalue weighted by atomic mass is 127. The largest absolute Gasteiger partial charge is 0.370 e. The van der Waals surface area contributed by atoms with Crippen molar-refractivity contribution in [3.63, 3.8) is 0 Å². The summed E-state index contributed by atoms with van der Waals surface area (Å²) in [4.78, 5) is 0. The monoisotopic (exact) mass is 493 g/mol. The van der Waals surface area contributed by atoms with Crippen molar-refractivity contribution in [1.82, 2.24) is 9.78 Å². The van der Waals surface area contributed by atoms with E-state index in [2.05, 4.69) is 91.0 Å². The number of aromatic nitrogens is 2. The molecule has 0 spiro atoms. The van der Waals surface area contributed by atoms with Crippen LogP contribution in [0.5, 0.6) is 0 Å². The number of hydrogen-bond acceptors (Lipinski definition) is 2. The number of hydrogen-bond donors (Lipinski definition) is 1. The number of fused-ring (bicyclic) bond motifs is 1. The second-order valence-electron chi connectivity index (χ2n) is 5.93. The lowest BCUT2D eigenvalue weighted by atomic mass is 10.0. The third-order valence-electron chi connectivity index (χ3n) is 4.33. The van der Waals surface area contributed by atoms with Gasteiger partial charge in [-0.2, -0.15) is 5.10 Å². The predicted molar refractivity (Wildman–Crippen MR) is 111 cm³/mol. The molecule has 2 aromatic carbocycles. The van der Waals surface area contributed by atoms with Crippen LogP contribution in [-0.4, -0.2) is 16.3 Å². The highest BCUT2D eigenvalue weighted by Gasteiger charge is 2.22. The van der Waals surface area contributed by atoms with Gasteiger partial charge in [0.25, 0.3) is 0 Å². The zero-order valence-corrected chi connectivity index (χ0v) is 16.8. The maximum absolute atomic E-state index is 4.99. The van der Waals surface area contributed by atoms with E-state index in [1.54, 1.807) is 0 Å². The molecule has 1 aromatic heterocycles. The van der Waals surface area contributed by atoms with E-state index in [1.807, 2.05) is 6.07 Å². The Bertz CT molecular complexity index is 871. The maximum atomic E-state index is 4.99. The van der Waals surface area contributed by atoms with Gasteiger partial charge in [0, 0.05) is 25.7 Å². The van der Waals surface area contributed by atoms with Gasteiger partial charge in [-0.25, -0.2) is 4.68 Å². The van der Waals surface area contributed by atoms with E-state index in [9.17, 15) is 0 Å². The normalized spacial score (nSPS) is 13.9. The second kappa shape index (κ2) is 6.88. The summed E-state index contributed by atoms with van der Waals surface area (Å²) in [6.07, 6.45) is 3.45. The van der Waals surface area contributed by atoms with E-state index in [0.717, 1.165) is 34.6 Å². The number of anilines is 1. The lowest BCUT2D eigenvalue weighted by molar-refractivity contribution is 0.780. The Morgan fingerprint density at radius 2 is 1.83 bits per heavy atom. The number of nitrogens with zero attached hydrogens (tertiary/aromatic N) is 2. The summed E-state index contributed by atoms with van der Waals surface area (Å²) in [5, 5.41) is 8.59. The van der Waals surface area contributed by atoms with Crippen LogP contribution in [0.2, 0.25) is 0 Å². The van der Waals surface area contributed by atoms with Crippen LogP contribution in [0.3, 0.4) is 0 Å². The highest BCUT2D eigenvalue weighted by Crippen LogP contribution is 2.35. The number of nitrogens with one attached hydrogen (secondary N) is 1. The molecule has 0 aliphatic carbocycles. The summed E-state index contributed by atoms with van der Waals surface area (Å²) < 4.78 is 4.35. The van der Waals surface area contributed by atoms with Gasteiger partial charge >= 0.3 is 0 Å². The van der Waals surface area contributed by atoms with Gasteiger partial charge in [0.05, 0.1) is 11.4 Å². The lowest BCUT2D eigenvalue weighted by Gasteiger charge is -2.10. The zero-order chi connectivity index (χ0) is 16.5. The molecule has 1 aliphatic rings. The Hall–Kier alpha value is -1.34. The fourth-order valence-electron chi connectivity index (χ4n) is 3.14. The standard InChI is InChI=1S/C19H17BrIN3/c20-16-6-1-2-7-17(16)24-19-15(5-3-4-12-22-19)18(23-24)13-8-10-14(21)11-9-13/h1-2,6-11,22H,3-5,12H2. The van der Waals surface area contributed by atoms with Crippen LogP contribution in [0.4, 0.5) is 5.82 Å². The first-order valence-corrected chi connectivity index (χ1v) is 9.98. The molecule has 2 heterocycles. The Balaban J connectivity index is 1.92. The van der Waals surface area contributed by atoms with E-state index in [4.69, 9.17) is 5.10 Å². The lowest BCUT2D eigenvalue weighted by Crippen LogP contribution is -2.07. The molecule has 4 rings (SSSR count). The van der Waals surface area contributed by atoms with Gasteiger partial charge in [-0.3, -0.25) is 0 Å². The fourth-order valence-corrected chi connectivity index (χ4v) is 3.95. The number of para-hydroxylation sites is 1. The van der Waals surface area contributed by atoms with Crippen LogP contribution in [0, 0.1) is 3.57 Å². The van der Waals surface area contributed by atoms with Crippen LogP contribution in [0.1, 0.15) is 18.4 Å². The van der Waals surface area contributed by atoms with Gasteiger partial charge < -0.3 is 5.32 Å². The summed E-state index contributed by atoms with van der Waals surface area (Å²) in [7, 11) is 0. The molecule has 0 bridgehead atoms. The first kappa shape index (κ1) is 16.1. The number of benzene rings is 2. The Kier molecular flexibility index (Phi) is 4.63. The highest BCUT2D eigenvalue weighted by molar-refractivity contribution is 14.1. The van der Waals surface area contributed by atoms with Crippen LogP contribution < -0.4 is 5.32 Å². The molecule has 1 aliphatic heterocycles. The maximum Gasteiger partial charge on any atom is 0.133 e. The molecule has 0 atom stereocenters. The van der Waals surface area contributed by atoms with Gasteiger partial charge in [-0.15, -0.1) is 0 Å². The molecule has 3 nitrogen and oxygen atoms in total. The number of rotatable bonds is 2. The minimum Gasteiger partial charge on any atom is -0.370 e. The van der Waals surface area contributed by atoms with Crippen molar-refractivity contribution < 1.29 is 0 Å². The first-order chi connectivity index (χ1) is 11.7. The molecule has 3 aromatic rings. The molecular weight excluding hydrogens is 477 g/mol. The molecule has 0 saturated carbocycles. The average Bonchev–Trinajstić information content (AvgIpc) is 2.78. The van der Waals surface area contributed by atoms with Crippen molar-refractivity contribution in [2.24, 2.45) is 0 Å². The van der Waals surface area contributed by atoms with Gasteiger partial charge in [0.15, 0.2) is 0 Å². The van der Waals surface area contributed by atoms with Gasteiger partial charge in [-0.1, -0.05) is 24.3 Å². The Labute approximate surface area is 163 Å². The van der Waals surface area contributed by atoms with Crippen LogP contribution in [0.25, 0.3) is 16.9 Å².